The first-order chi connectivity index (χ1) is 16.4. The molecule has 172 valence electrons. The molecule has 0 saturated carbocycles. The fourth-order valence-corrected chi connectivity index (χ4v) is 3.98. The van der Waals surface area contributed by atoms with Gasteiger partial charge < -0.3 is 19.7 Å². The highest BCUT2D eigenvalue weighted by Crippen LogP contribution is 2.45. The van der Waals surface area contributed by atoms with Crippen molar-refractivity contribution in [2.24, 2.45) is 0 Å². The third-order valence-electron chi connectivity index (χ3n) is 5.60. The van der Waals surface area contributed by atoms with Gasteiger partial charge in [0.25, 0.3) is 11.7 Å². The summed E-state index contributed by atoms with van der Waals surface area (Å²) in [5.74, 6) is -2.51. The Labute approximate surface area is 195 Å². The van der Waals surface area contributed by atoms with Gasteiger partial charge in [0, 0.05) is 22.9 Å². The number of aliphatic hydroxyl groups excluding tert-OH is 1. The number of nitrogens with zero attached hydrogens (tertiary/aromatic N) is 1. The standard InChI is InChI=1S/C26H21NO7/c1-33-18-11-12-19(20(14-18)34-2)22-21(23(28)15-7-4-3-5-8-15)24(29)25(30)27(22)17-10-6-9-16(13-17)26(31)32/h3-14,22,28H,1-2H3,(H,31,32)/b23-21+/t22-/m0/s1. The summed E-state index contributed by atoms with van der Waals surface area (Å²) in [7, 11) is 2.93. The van der Waals surface area contributed by atoms with Crippen LogP contribution in [0, 0.1) is 0 Å². The van der Waals surface area contributed by atoms with Crippen molar-refractivity contribution in [2.75, 3.05) is 19.1 Å². The molecule has 1 fully saturated rings. The van der Waals surface area contributed by atoms with Crippen molar-refractivity contribution in [1.29, 1.82) is 0 Å². The summed E-state index contributed by atoms with van der Waals surface area (Å²) in [6, 6.07) is 17.9. The number of rotatable bonds is 6. The molecule has 8 nitrogen and oxygen atoms in total. The number of carbonyl (C=O) groups excluding carboxylic acids is 2. The van der Waals surface area contributed by atoms with Crippen molar-refractivity contribution in [2.45, 2.75) is 6.04 Å². The monoisotopic (exact) mass is 459 g/mol. The number of aliphatic hydroxyl groups is 1. The van der Waals surface area contributed by atoms with Crippen molar-refractivity contribution >= 4 is 29.1 Å². The van der Waals surface area contributed by atoms with Gasteiger partial charge in [-0.3, -0.25) is 14.5 Å². The smallest absolute Gasteiger partial charge is 0.335 e. The van der Waals surface area contributed by atoms with Crippen molar-refractivity contribution in [3.63, 3.8) is 0 Å². The van der Waals surface area contributed by atoms with Crippen LogP contribution in [-0.4, -0.2) is 42.1 Å². The number of Topliss-reactive ketones (excluding diaryl/α,β-unsaturated/α-hetero) is 1. The molecule has 1 aliphatic rings. The second kappa shape index (κ2) is 9.11. The molecule has 0 radical (unpaired) electrons. The van der Waals surface area contributed by atoms with Gasteiger partial charge in [-0.2, -0.15) is 0 Å². The lowest BCUT2D eigenvalue weighted by atomic mass is 9.94. The second-order valence-corrected chi connectivity index (χ2v) is 7.50. The van der Waals surface area contributed by atoms with Crippen LogP contribution in [0.2, 0.25) is 0 Å². The topological polar surface area (TPSA) is 113 Å². The molecule has 0 unspecified atom stereocenters. The van der Waals surface area contributed by atoms with Gasteiger partial charge in [0.2, 0.25) is 0 Å². The number of hydrogen-bond acceptors (Lipinski definition) is 6. The van der Waals surface area contributed by atoms with Crippen LogP contribution < -0.4 is 14.4 Å². The third kappa shape index (κ3) is 3.86. The highest BCUT2D eigenvalue weighted by Gasteiger charge is 2.48. The Hall–Kier alpha value is -4.59. The average molecular weight is 459 g/mol. The summed E-state index contributed by atoms with van der Waals surface area (Å²) in [6.07, 6.45) is 0. The zero-order valence-electron chi connectivity index (χ0n) is 18.4. The van der Waals surface area contributed by atoms with Crippen LogP contribution in [0.1, 0.15) is 27.5 Å². The lowest BCUT2D eigenvalue weighted by Gasteiger charge is -2.27. The molecule has 0 aliphatic carbocycles. The lowest BCUT2D eigenvalue weighted by molar-refractivity contribution is -0.132. The first kappa shape index (κ1) is 22.6. The molecule has 0 bridgehead atoms. The molecular weight excluding hydrogens is 438 g/mol. The Bertz CT molecular complexity index is 1310. The van der Waals surface area contributed by atoms with Gasteiger partial charge in [-0.05, 0) is 30.3 Å². The molecule has 4 rings (SSSR count). The Kier molecular flexibility index (Phi) is 6.05. The van der Waals surface area contributed by atoms with Crippen molar-refractivity contribution < 1.29 is 34.1 Å². The number of carboxylic acid groups (broad SMARTS) is 1. The maximum absolute atomic E-state index is 13.3. The molecule has 0 spiro atoms. The lowest BCUT2D eigenvalue weighted by Crippen LogP contribution is -2.29. The van der Waals surface area contributed by atoms with Gasteiger partial charge in [-0.15, -0.1) is 0 Å². The molecule has 34 heavy (non-hydrogen) atoms. The Morgan fingerprint density at radius 1 is 0.853 bits per heavy atom. The SMILES string of the molecule is COc1ccc([C@H]2/C(=C(\O)c3ccccc3)C(=O)C(=O)N2c2cccc(C(=O)O)c2)c(OC)c1. The molecule has 1 aliphatic heterocycles. The van der Waals surface area contributed by atoms with E-state index in [2.05, 4.69) is 0 Å². The van der Waals surface area contributed by atoms with Crippen LogP contribution in [0.5, 0.6) is 11.5 Å². The van der Waals surface area contributed by atoms with Crippen LogP contribution in [0.3, 0.4) is 0 Å². The van der Waals surface area contributed by atoms with Gasteiger partial charge in [-0.1, -0.05) is 36.4 Å². The van der Waals surface area contributed by atoms with E-state index in [1.165, 1.54) is 43.4 Å². The first-order valence-corrected chi connectivity index (χ1v) is 10.3. The number of aromatic carboxylic acids is 1. The second-order valence-electron chi connectivity index (χ2n) is 7.50. The van der Waals surface area contributed by atoms with Crippen LogP contribution in [-0.2, 0) is 9.59 Å². The number of carbonyl (C=O) groups is 3. The van der Waals surface area contributed by atoms with E-state index in [1.54, 1.807) is 48.5 Å². The Balaban J connectivity index is 2.00. The molecule has 8 heteroatoms. The van der Waals surface area contributed by atoms with E-state index >= 15 is 0 Å². The van der Waals surface area contributed by atoms with E-state index in [4.69, 9.17) is 9.47 Å². The number of methoxy groups -OCH3 is 2. The van der Waals surface area contributed by atoms with Gasteiger partial charge >= 0.3 is 5.97 Å². The minimum Gasteiger partial charge on any atom is -0.507 e. The van der Waals surface area contributed by atoms with E-state index in [-0.39, 0.29) is 22.6 Å². The summed E-state index contributed by atoms with van der Waals surface area (Å²) in [5.41, 5.74) is 0.776. The molecule has 1 atom stereocenters. The summed E-state index contributed by atoms with van der Waals surface area (Å²) in [5, 5.41) is 20.6. The van der Waals surface area contributed by atoms with Crippen LogP contribution in [0.25, 0.3) is 5.76 Å². The average Bonchev–Trinajstić information content (AvgIpc) is 3.13. The van der Waals surface area contributed by atoms with Crippen molar-refractivity contribution in [1.82, 2.24) is 0 Å². The zero-order chi connectivity index (χ0) is 24.4. The highest BCUT2D eigenvalue weighted by molar-refractivity contribution is 6.51. The number of amides is 1. The highest BCUT2D eigenvalue weighted by atomic mass is 16.5. The molecule has 0 aromatic heterocycles. The van der Waals surface area contributed by atoms with Crippen LogP contribution in [0.4, 0.5) is 5.69 Å². The largest absolute Gasteiger partial charge is 0.507 e. The van der Waals surface area contributed by atoms with Gasteiger partial charge in [0.05, 0.1) is 31.4 Å². The van der Waals surface area contributed by atoms with E-state index < -0.39 is 23.7 Å². The number of anilines is 1. The Morgan fingerprint density at radius 2 is 1.56 bits per heavy atom. The Morgan fingerprint density at radius 3 is 2.21 bits per heavy atom. The summed E-state index contributed by atoms with van der Waals surface area (Å²) >= 11 is 0. The predicted molar refractivity (Wildman–Crippen MR) is 124 cm³/mol. The fraction of sp³-hybridized carbons (Fsp3) is 0.115. The summed E-state index contributed by atoms with van der Waals surface area (Å²) in [6.45, 7) is 0. The van der Waals surface area contributed by atoms with Gasteiger partial charge in [0.15, 0.2) is 0 Å². The molecule has 1 amide bonds. The predicted octanol–water partition coefficient (Wildman–Crippen LogP) is 4.03. The van der Waals surface area contributed by atoms with Crippen LogP contribution in [0.15, 0.2) is 78.4 Å². The van der Waals surface area contributed by atoms with Gasteiger partial charge in [0.1, 0.15) is 17.3 Å². The molecule has 2 N–H and O–H groups in total. The van der Waals surface area contributed by atoms with Crippen molar-refractivity contribution in [3.05, 3.63) is 95.1 Å². The number of carboxylic acids is 1. The summed E-state index contributed by atoms with van der Waals surface area (Å²) < 4.78 is 10.8. The third-order valence-corrected chi connectivity index (χ3v) is 5.60. The number of benzene rings is 3. The first-order valence-electron chi connectivity index (χ1n) is 10.3. The van der Waals surface area contributed by atoms with Gasteiger partial charge in [-0.25, -0.2) is 4.79 Å². The zero-order valence-corrected chi connectivity index (χ0v) is 18.4. The van der Waals surface area contributed by atoms with E-state index in [0.29, 0.717) is 22.6 Å². The number of hydrogen-bond donors (Lipinski definition) is 2. The fourth-order valence-electron chi connectivity index (χ4n) is 3.98. The van der Waals surface area contributed by atoms with E-state index in [9.17, 15) is 24.6 Å². The number of ether oxygens (including phenoxy) is 2. The molecule has 1 saturated heterocycles. The number of ketones is 1. The molecule has 3 aromatic carbocycles. The van der Waals surface area contributed by atoms with Crippen LogP contribution >= 0.6 is 0 Å². The molecule has 3 aromatic rings. The molecule has 1 heterocycles. The normalized spacial score (nSPS) is 17.0. The maximum atomic E-state index is 13.3. The minimum atomic E-state index is -1.18. The van der Waals surface area contributed by atoms with Crippen molar-refractivity contribution in [3.8, 4) is 11.5 Å². The van der Waals surface area contributed by atoms with E-state index in [0.717, 1.165) is 0 Å². The minimum absolute atomic E-state index is 0.0529. The van der Waals surface area contributed by atoms with E-state index in [1.807, 2.05) is 0 Å². The summed E-state index contributed by atoms with van der Waals surface area (Å²) in [4.78, 5) is 39.2. The quantitative estimate of drug-likeness (QED) is 0.325. The maximum Gasteiger partial charge on any atom is 0.335 e. The molecular formula is C26H21NO7.